The molecule has 2 N–H and O–H groups in total. The number of aliphatic hydroxyl groups is 1. The van der Waals surface area contributed by atoms with Crippen LogP contribution in [0.1, 0.15) is 6.92 Å². The Kier molecular flexibility index (Phi) is 2.21. The molecule has 0 aromatic rings. The fraction of sp³-hybridized carbons (Fsp3) is 1.00. The quantitative estimate of drug-likeness (QED) is 0.578. The fourth-order valence-electron chi connectivity index (χ4n) is 0.983. The van der Waals surface area contributed by atoms with Gasteiger partial charge in [0, 0.05) is 11.7 Å². The fourth-order valence-corrected chi connectivity index (χ4v) is 3.85. The minimum absolute atomic E-state index is 0.0625. The van der Waals surface area contributed by atoms with Crippen LogP contribution >= 0.6 is 11.8 Å². The predicted molar refractivity (Wildman–Crippen MR) is 43.0 cm³/mol. The van der Waals surface area contributed by atoms with E-state index in [1.807, 2.05) is 0 Å². The highest BCUT2D eigenvalue weighted by atomic mass is 32.2. The van der Waals surface area contributed by atoms with Crippen molar-refractivity contribution in [1.82, 2.24) is 0 Å². The first-order chi connectivity index (χ1) is 4.88. The first kappa shape index (κ1) is 9.31. The van der Waals surface area contributed by atoms with E-state index in [1.54, 1.807) is 6.92 Å². The molecule has 4 nitrogen and oxygen atoms in total. The molecule has 0 aromatic heterocycles. The van der Waals surface area contributed by atoms with E-state index in [1.165, 1.54) is 11.8 Å². The molecule has 0 aliphatic carbocycles. The van der Waals surface area contributed by atoms with Crippen molar-refractivity contribution in [3.05, 3.63) is 0 Å². The predicted octanol–water partition coefficient (Wildman–Crippen LogP) is -0.0543. The summed E-state index contributed by atoms with van der Waals surface area (Å²) in [5.74, 6) is 0.228. The molecule has 0 spiro atoms. The van der Waals surface area contributed by atoms with Gasteiger partial charge in [0.1, 0.15) is 0 Å². The van der Waals surface area contributed by atoms with E-state index in [4.69, 9.17) is 4.55 Å². The van der Waals surface area contributed by atoms with Gasteiger partial charge in [0.2, 0.25) is 4.93 Å². The summed E-state index contributed by atoms with van der Waals surface area (Å²) in [6.07, 6.45) is 0. The Balaban J connectivity index is 3.00. The van der Waals surface area contributed by atoms with Gasteiger partial charge in [0.25, 0.3) is 10.1 Å². The van der Waals surface area contributed by atoms with Crippen LogP contribution < -0.4 is 0 Å². The van der Waals surface area contributed by atoms with Crippen LogP contribution in [0.5, 0.6) is 0 Å². The van der Waals surface area contributed by atoms with Gasteiger partial charge >= 0.3 is 0 Å². The van der Waals surface area contributed by atoms with Gasteiger partial charge in [-0.1, -0.05) is 6.92 Å². The zero-order valence-corrected chi connectivity index (χ0v) is 7.65. The normalized spacial score (nSPS) is 39.4. The molecule has 0 radical (unpaired) electrons. The molecule has 0 bridgehead atoms. The largest absolute Gasteiger partial charge is 0.372 e. The van der Waals surface area contributed by atoms with Crippen LogP contribution in [0.4, 0.5) is 0 Å². The Hall–Kier alpha value is 0.220. The van der Waals surface area contributed by atoms with Gasteiger partial charge in [-0.15, -0.1) is 0 Å². The molecule has 1 heterocycles. The van der Waals surface area contributed by atoms with E-state index in [9.17, 15) is 13.5 Å². The molecule has 1 fully saturated rings. The summed E-state index contributed by atoms with van der Waals surface area (Å²) in [4.78, 5) is -1.92. The third kappa shape index (κ3) is 1.40. The van der Waals surface area contributed by atoms with Gasteiger partial charge < -0.3 is 5.11 Å². The van der Waals surface area contributed by atoms with Crippen LogP contribution in [0.25, 0.3) is 0 Å². The number of thioether (sulfide) groups is 1. The Bertz CT molecular complexity index is 247. The van der Waals surface area contributed by atoms with Crippen LogP contribution in [0.15, 0.2) is 0 Å². The lowest BCUT2D eigenvalue weighted by Gasteiger charge is -2.22. The first-order valence-corrected chi connectivity index (χ1v) is 5.74. The summed E-state index contributed by atoms with van der Waals surface area (Å²) < 4.78 is 30.0. The van der Waals surface area contributed by atoms with Gasteiger partial charge in [-0.2, -0.15) is 20.2 Å². The van der Waals surface area contributed by atoms with Gasteiger partial charge in [0.15, 0.2) is 0 Å². The van der Waals surface area contributed by atoms with Crippen LogP contribution in [0, 0.1) is 5.92 Å². The van der Waals surface area contributed by atoms with E-state index in [0.29, 0.717) is 5.75 Å². The molecular weight excluding hydrogens is 188 g/mol. The van der Waals surface area contributed by atoms with Crippen molar-refractivity contribution in [3.63, 3.8) is 0 Å². The van der Waals surface area contributed by atoms with E-state index in [-0.39, 0.29) is 5.75 Å². The average Bonchev–Trinajstić information content (AvgIpc) is 2.12. The Labute approximate surface area is 69.7 Å². The van der Waals surface area contributed by atoms with E-state index < -0.39 is 21.0 Å². The molecule has 2 atom stereocenters. The van der Waals surface area contributed by atoms with Gasteiger partial charge in [-0.25, -0.2) is 0 Å². The number of rotatable bonds is 1. The lowest BCUT2D eigenvalue weighted by molar-refractivity contribution is 0.0990. The van der Waals surface area contributed by atoms with Crippen molar-refractivity contribution >= 4 is 21.9 Å². The summed E-state index contributed by atoms with van der Waals surface area (Å²) >= 11 is 1.33. The molecule has 11 heavy (non-hydrogen) atoms. The van der Waals surface area contributed by atoms with Crippen LogP contribution in [-0.4, -0.2) is 34.5 Å². The molecule has 0 amide bonds. The SMILES string of the molecule is CC1CSCC1(O)S(=O)(=O)O. The molecule has 2 unspecified atom stereocenters. The minimum Gasteiger partial charge on any atom is -0.372 e. The van der Waals surface area contributed by atoms with E-state index in [2.05, 4.69) is 0 Å². The molecule has 1 rings (SSSR count). The van der Waals surface area contributed by atoms with Crippen molar-refractivity contribution < 1.29 is 18.1 Å². The average molecular weight is 198 g/mol. The second-order valence-corrected chi connectivity index (χ2v) is 5.42. The van der Waals surface area contributed by atoms with Crippen molar-refractivity contribution in [3.8, 4) is 0 Å². The molecular formula is C5H10O4S2. The topological polar surface area (TPSA) is 74.6 Å². The summed E-state index contributed by atoms with van der Waals surface area (Å²) in [6.45, 7) is 1.60. The Morgan fingerprint density at radius 1 is 1.64 bits per heavy atom. The second-order valence-electron chi connectivity index (χ2n) is 2.74. The lowest BCUT2D eigenvalue weighted by atomic mass is 10.1. The summed E-state index contributed by atoms with van der Waals surface area (Å²) in [6, 6.07) is 0. The summed E-state index contributed by atoms with van der Waals surface area (Å²) in [5.41, 5.74) is 0. The first-order valence-electron chi connectivity index (χ1n) is 3.15. The number of hydrogen-bond acceptors (Lipinski definition) is 4. The molecule has 1 saturated heterocycles. The third-order valence-corrected chi connectivity index (χ3v) is 4.90. The van der Waals surface area contributed by atoms with Crippen molar-refractivity contribution in [2.24, 2.45) is 5.92 Å². The van der Waals surface area contributed by atoms with Gasteiger partial charge in [-0.3, -0.25) is 4.55 Å². The molecule has 1 aliphatic rings. The number of hydrogen-bond donors (Lipinski definition) is 2. The van der Waals surface area contributed by atoms with Gasteiger partial charge in [-0.05, 0) is 5.75 Å². The molecule has 6 heteroatoms. The zero-order chi connectivity index (χ0) is 8.70. The minimum atomic E-state index is -4.32. The highest BCUT2D eigenvalue weighted by molar-refractivity contribution is 8.01. The smallest absolute Gasteiger partial charge is 0.296 e. The summed E-state index contributed by atoms with van der Waals surface area (Å²) in [7, 11) is -4.32. The maximum absolute atomic E-state index is 10.7. The monoisotopic (exact) mass is 198 g/mol. The molecule has 0 aromatic carbocycles. The van der Waals surface area contributed by atoms with Crippen LogP contribution in [0.3, 0.4) is 0 Å². The lowest BCUT2D eigenvalue weighted by Crippen LogP contribution is -2.43. The Morgan fingerprint density at radius 3 is 2.36 bits per heavy atom. The van der Waals surface area contributed by atoms with Crippen LogP contribution in [-0.2, 0) is 10.1 Å². The van der Waals surface area contributed by atoms with E-state index in [0.717, 1.165) is 0 Å². The molecule has 0 saturated carbocycles. The second kappa shape index (κ2) is 2.62. The standard InChI is InChI=1S/C5H10O4S2/c1-4-2-10-3-5(4,6)11(7,8)9/h4,6H,2-3H2,1H3,(H,7,8,9). The van der Waals surface area contributed by atoms with E-state index >= 15 is 0 Å². The zero-order valence-electron chi connectivity index (χ0n) is 6.02. The summed E-state index contributed by atoms with van der Waals surface area (Å²) in [5, 5.41) is 9.44. The highest BCUT2D eigenvalue weighted by Gasteiger charge is 2.49. The Morgan fingerprint density at radius 2 is 2.18 bits per heavy atom. The van der Waals surface area contributed by atoms with Crippen molar-refractivity contribution in [1.29, 1.82) is 0 Å². The highest BCUT2D eigenvalue weighted by Crippen LogP contribution is 2.36. The van der Waals surface area contributed by atoms with Gasteiger partial charge in [0.05, 0.1) is 0 Å². The maximum Gasteiger partial charge on any atom is 0.296 e. The molecule has 66 valence electrons. The third-order valence-electron chi connectivity index (χ3n) is 1.89. The van der Waals surface area contributed by atoms with Crippen LogP contribution in [0.2, 0.25) is 0 Å². The van der Waals surface area contributed by atoms with Crippen molar-refractivity contribution in [2.45, 2.75) is 11.9 Å². The maximum atomic E-state index is 10.7. The van der Waals surface area contributed by atoms with Crippen molar-refractivity contribution in [2.75, 3.05) is 11.5 Å². The molecule has 1 aliphatic heterocycles.